The van der Waals surface area contributed by atoms with E-state index in [1.54, 1.807) is 18.5 Å². The van der Waals surface area contributed by atoms with Gasteiger partial charge in [-0.3, -0.25) is 9.78 Å². The summed E-state index contributed by atoms with van der Waals surface area (Å²) in [5.41, 5.74) is -0.555. The highest BCUT2D eigenvalue weighted by atomic mass is 79.9. The highest BCUT2D eigenvalue weighted by Gasteiger charge is 2.26. The lowest BCUT2D eigenvalue weighted by Crippen LogP contribution is -2.49. The van der Waals surface area contributed by atoms with Gasteiger partial charge in [-0.2, -0.15) is 0 Å². The summed E-state index contributed by atoms with van der Waals surface area (Å²) in [4.78, 5) is 22.0. The van der Waals surface area contributed by atoms with Crippen LogP contribution in [0.25, 0.3) is 10.9 Å². The zero-order valence-electron chi connectivity index (χ0n) is 15.5. The van der Waals surface area contributed by atoms with Gasteiger partial charge >= 0.3 is 0 Å². The van der Waals surface area contributed by atoms with Gasteiger partial charge in [0.2, 0.25) is 5.44 Å². The van der Waals surface area contributed by atoms with Crippen molar-refractivity contribution < 1.29 is 14.4 Å². The Balaban J connectivity index is 2.16. The topological polar surface area (TPSA) is 72.8 Å². The summed E-state index contributed by atoms with van der Waals surface area (Å²) >= 11 is 8.23. The first-order valence-corrected chi connectivity index (χ1v) is 11.1. The number of thioether (sulfide) groups is 1. The van der Waals surface area contributed by atoms with Crippen molar-refractivity contribution in [2.24, 2.45) is 5.16 Å². The number of carbonyl (C=O) groups is 1. The predicted molar refractivity (Wildman–Crippen MR) is 117 cm³/mol. The van der Waals surface area contributed by atoms with Crippen LogP contribution in [0.1, 0.15) is 20.8 Å². The first-order chi connectivity index (χ1) is 12.8. The zero-order valence-corrected chi connectivity index (χ0v) is 19.4. The lowest BCUT2D eigenvalue weighted by molar-refractivity contribution is -0.125. The van der Waals surface area contributed by atoms with Crippen LogP contribution in [-0.4, -0.2) is 40.9 Å². The monoisotopic (exact) mass is 517 g/mol. The van der Waals surface area contributed by atoms with E-state index in [4.69, 9.17) is 9.57 Å². The van der Waals surface area contributed by atoms with Crippen LogP contribution in [-0.2, 0) is 9.63 Å². The van der Waals surface area contributed by atoms with Crippen molar-refractivity contribution in [3.63, 3.8) is 0 Å². The Labute approximate surface area is 179 Å². The minimum Gasteiger partial charge on any atom is -0.470 e. The molecule has 9 heteroatoms. The molecule has 0 aliphatic rings. The number of pyridine rings is 1. The maximum atomic E-state index is 12.6. The van der Waals surface area contributed by atoms with E-state index in [0.717, 1.165) is 19.8 Å². The second-order valence-electron chi connectivity index (χ2n) is 6.18. The molecule has 0 saturated carbocycles. The van der Waals surface area contributed by atoms with Crippen LogP contribution in [0, 0.1) is 0 Å². The van der Waals surface area contributed by atoms with E-state index in [-0.39, 0.29) is 5.91 Å². The van der Waals surface area contributed by atoms with E-state index in [1.165, 1.54) is 11.8 Å². The van der Waals surface area contributed by atoms with Crippen molar-refractivity contribution in [2.45, 2.75) is 31.7 Å². The van der Waals surface area contributed by atoms with Crippen molar-refractivity contribution >= 4 is 66.6 Å². The van der Waals surface area contributed by atoms with Gasteiger partial charge in [0.25, 0.3) is 5.91 Å². The molecule has 1 N–H and O–H groups in total. The lowest BCUT2D eigenvalue weighted by atomic mass is 10.1. The van der Waals surface area contributed by atoms with Gasteiger partial charge in [0.15, 0.2) is 0 Å². The van der Waals surface area contributed by atoms with Crippen LogP contribution in [0.5, 0.6) is 5.75 Å². The maximum absolute atomic E-state index is 12.6. The number of hydrogen-bond acceptors (Lipinski definition) is 6. The maximum Gasteiger partial charge on any atom is 0.272 e. The zero-order chi connectivity index (χ0) is 20.0. The summed E-state index contributed by atoms with van der Waals surface area (Å²) in [6.45, 7) is 5.98. The molecule has 6 nitrogen and oxygen atoms in total. The normalized spacial score (nSPS) is 13.0. The quantitative estimate of drug-likeness (QED) is 0.310. The molecule has 2 rings (SSSR count). The number of rotatable bonds is 8. The Morgan fingerprint density at radius 2 is 2.15 bits per heavy atom. The van der Waals surface area contributed by atoms with Gasteiger partial charge in [0, 0.05) is 20.5 Å². The molecule has 146 valence electrons. The number of ether oxygens (including phenoxy) is 1. The summed E-state index contributed by atoms with van der Waals surface area (Å²) in [6.07, 6.45) is 5.11. The molecule has 0 aliphatic carbocycles. The molecular formula is C18H21Br2N3O3S. The van der Waals surface area contributed by atoms with Crippen molar-refractivity contribution in [2.75, 3.05) is 12.9 Å². The molecule has 2 aromatic rings. The van der Waals surface area contributed by atoms with Gasteiger partial charge in [0.05, 0.1) is 17.3 Å². The van der Waals surface area contributed by atoms with Crippen molar-refractivity contribution in [1.82, 2.24) is 10.3 Å². The molecule has 1 amide bonds. The van der Waals surface area contributed by atoms with Gasteiger partial charge in [-0.05, 0) is 77.1 Å². The Kier molecular flexibility index (Phi) is 7.93. The van der Waals surface area contributed by atoms with E-state index < -0.39 is 11.0 Å². The molecule has 0 radical (unpaired) electrons. The number of carbonyl (C=O) groups excluding carboxylic acids is 1. The summed E-state index contributed by atoms with van der Waals surface area (Å²) in [5.74, 6) is 0.323. The number of hydrogen-bond donors (Lipinski definition) is 1. The van der Waals surface area contributed by atoms with Crippen LogP contribution in [0.2, 0.25) is 0 Å². The fourth-order valence-corrected chi connectivity index (χ4v) is 3.59. The molecule has 27 heavy (non-hydrogen) atoms. The molecule has 0 fully saturated rings. The molecule has 1 aromatic carbocycles. The number of oxime groups is 1. The summed E-state index contributed by atoms with van der Waals surface area (Å²) < 4.78 is 7.59. The van der Waals surface area contributed by atoms with Crippen molar-refractivity contribution in [1.29, 1.82) is 0 Å². The fraction of sp³-hybridized carbons (Fsp3) is 0.389. The minimum atomic E-state index is -0.714. The van der Waals surface area contributed by atoms with E-state index in [0.29, 0.717) is 12.4 Å². The largest absolute Gasteiger partial charge is 0.470 e. The third-order valence-corrected chi connectivity index (χ3v) is 5.15. The molecule has 1 unspecified atom stereocenters. The van der Waals surface area contributed by atoms with E-state index in [2.05, 4.69) is 47.3 Å². The van der Waals surface area contributed by atoms with Crippen LogP contribution < -0.4 is 10.1 Å². The van der Waals surface area contributed by atoms with Crippen LogP contribution in [0.15, 0.2) is 38.5 Å². The minimum absolute atomic E-state index is 0.251. The van der Waals surface area contributed by atoms with E-state index in [1.807, 2.05) is 39.2 Å². The first kappa shape index (κ1) is 22.0. The number of benzene rings is 1. The Morgan fingerprint density at radius 3 is 2.81 bits per heavy atom. The summed E-state index contributed by atoms with van der Waals surface area (Å²) in [7, 11) is 0. The highest BCUT2D eigenvalue weighted by molar-refractivity contribution is 9.11. The first-order valence-electron chi connectivity index (χ1n) is 8.18. The van der Waals surface area contributed by atoms with Crippen LogP contribution in [0.3, 0.4) is 0 Å². The average molecular weight is 519 g/mol. The third kappa shape index (κ3) is 6.36. The number of nitrogens with zero attached hydrogens (tertiary/aromatic N) is 2. The van der Waals surface area contributed by atoms with E-state index in [9.17, 15) is 4.79 Å². The van der Waals surface area contributed by atoms with Crippen molar-refractivity contribution in [3.8, 4) is 5.75 Å². The Bertz CT molecular complexity index is 846. The van der Waals surface area contributed by atoms with Crippen LogP contribution in [0.4, 0.5) is 0 Å². The molecular weight excluding hydrogens is 498 g/mol. The smallest absolute Gasteiger partial charge is 0.272 e. The van der Waals surface area contributed by atoms with Gasteiger partial charge in [0.1, 0.15) is 12.4 Å². The molecule has 0 aliphatic heterocycles. The molecule has 1 atom stereocenters. The average Bonchev–Trinajstić information content (AvgIpc) is 2.58. The summed E-state index contributed by atoms with van der Waals surface area (Å²) in [5, 5.41) is 7.64. The van der Waals surface area contributed by atoms with E-state index >= 15 is 0 Å². The second-order valence-corrected chi connectivity index (χ2v) is 8.85. The highest BCUT2D eigenvalue weighted by Crippen LogP contribution is 2.31. The molecule has 0 bridgehead atoms. The fourth-order valence-electron chi connectivity index (χ4n) is 2.21. The standard InChI is InChI=1S/C18H21Br2N3O3S/c1-5-25-22-10-18(2,3)23-16(24)17(27-4)26-13-7-11-6-12(19)9-21-15(11)14(20)8-13/h6-10,17H,5H2,1-4H3,(H,23,24). The molecule has 1 heterocycles. The Morgan fingerprint density at radius 1 is 1.41 bits per heavy atom. The summed E-state index contributed by atoms with van der Waals surface area (Å²) in [6, 6.07) is 5.61. The lowest BCUT2D eigenvalue weighted by Gasteiger charge is -2.24. The number of halogens is 2. The SMILES string of the molecule is CCON=CC(C)(C)NC(=O)C(Oc1cc(Br)c2ncc(Br)cc2c1)SC. The number of amides is 1. The molecule has 1 aromatic heterocycles. The van der Waals surface area contributed by atoms with Gasteiger partial charge < -0.3 is 14.9 Å². The van der Waals surface area contributed by atoms with Gasteiger partial charge in [-0.25, -0.2) is 0 Å². The number of fused-ring (bicyclic) bond motifs is 1. The van der Waals surface area contributed by atoms with Crippen LogP contribution >= 0.6 is 43.6 Å². The number of nitrogens with one attached hydrogen (secondary N) is 1. The molecule has 0 saturated heterocycles. The third-order valence-electron chi connectivity index (χ3n) is 3.37. The van der Waals surface area contributed by atoms with Crippen molar-refractivity contribution in [3.05, 3.63) is 33.3 Å². The number of aromatic nitrogens is 1. The van der Waals surface area contributed by atoms with Gasteiger partial charge in [-0.1, -0.05) is 5.16 Å². The second kappa shape index (κ2) is 9.75. The molecule has 0 spiro atoms. The Hall–Kier alpha value is -1.32. The van der Waals surface area contributed by atoms with Gasteiger partial charge in [-0.15, -0.1) is 11.8 Å². The predicted octanol–water partition coefficient (Wildman–Crippen LogP) is 4.74.